The molecular weight excluding hydrogens is 370 g/mol. The van der Waals surface area contributed by atoms with Crippen molar-refractivity contribution in [3.8, 4) is 0 Å². The number of rotatable bonds is 8. The van der Waals surface area contributed by atoms with Gasteiger partial charge in [-0.25, -0.2) is 18.0 Å². The van der Waals surface area contributed by atoms with E-state index >= 15 is 0 Å². The summed E-state index contributed by atoms with van der Waals surface area (Å²) in [6.45, 7) is 6.72. The number of esters is 2. The Kier molecular flexibility index (Phi) is 7.85. The fourth-order valence-electron chi connectivity index (χ4n) is 2.04. The van der Waals surface area contributed by atoms with Crippen molar-refractivity contribution in [1.82, 2.24) is 4.31 Å². The number of hydrogen-bond donors (Lipinski definition) is 0. The average molecular weight is 392 g/mol. The molecule has 1 aromatic carbocycles. The summed E-state index contributed by atoms with van der Waals surface area (Å²) in [5, 5.41) is 0.00247. The molecule has 0 fully saturated rings. The van der Waals surface area contributed by atoms with Gasteiger partial charge < -0.3 is 9.47 Å². The Labute approximate surface area is 152 Å². The minimum absolute atomic E-state index is 0.00247. The van der Waals surface area contributed by atoms with E-state index in [0.717, 1.165) is 6.07 Å². The second kappa shape index (κ2) is 9.17. The minimum Gasteiger partial charge on any atom is -0.460 e. The van der Waals surface area contributed by atoms with Crippen LogP contribution in [-0.2, 0) is 24.3 Å². The van der Waals surface area contributed by atoms with E-state index < -0.39 is 28.6 Å². The zero-order valence-electron chi connectivity index (χ0n) is 14.6. The van der Waals surface area contributed by atoms with Crippen LogP contribution in [-0.4, -0.2) is 50.5 Å². The maximum absolute atomic E-state index is 12.6. The van der Waals surface area contributed by atoms with Gasteiger partial charge in [0.2, 0.25) is 10.0 Å². The van der Waals surface area contributed by atoms with Gasteiger partial charge in [0.15, 0.2) is 6.61 Å². The molecule has 0 N–H and O–H groups in total. The molecular formula is C16H22ClNO6S. The van der Waals surface area contributed by atoms with E-state index in [2.05, 4.69) is 0 Å². The maximum atomic E-state index is 12.6. The van der Waals surface area contributed by atoms with Crippen molar-refractivity contribution >= 4 is 33.6 Å². The van der Waals surface area contributed by atoms with Crippen LogP contribution in [0.15, 0.2) is 23.1 Å². The monoisotopic (exact) mass is 391 g/mol. The SMILES string of the molecule is CCN(CC)S(=O)(=O)c1cc(C(=O)OCC(=O)OC(C)C)ccc1Cl. The molecule has 0 saturated carbocycles. The highest BCUT2D eigenvalue weighted by Gasteiger charge is 2.26. The fraction of sp³-hybridized carbons (Fsp3) is 0.500. The predicted molar refractivity (Wildman–Crippen MR) is 93.1 cm³/mol. The molecule has 1 aromatic rings. The van der Waals surface area contributed by atoms with Crippen molar-refractivity contribution in [3.05, 3.63) is 28.8 Å². The van der Waals surface area contributed by atoms with E-state index in [-0.39, 0.29) is 34.7 Å². The van der Waals surface area contributed by atoms with Crippen LogP contribution in [0.5, 0.6) is 0 Å². The first-order valence-corrected chi connectivity index (χ1v) is 9.61. The molecule has 0 aliphatic heterocycles. The van der Waals surface area contributed by atoms with Gasteiger partial charge in [0, 0.05) is 13.1 Å². The van der Waals surface area contributed by atoms with Crippen LogP contribution < -0.4 is 0 Å². The number of ether oxygens (including phenoxy) is 2. The smallest absolute Gasteiger partial charge is 0.344 e. The molecule has 1 rings (SSSR count). The number of benzene rings is 1. The Morgan fingerprint density at radius 1 is 1.20 bits per heavy atom. The quantitative estimate of drug-likeness (QED) is 0.632. The summed E-state index contributed by atoms with van der Waals surface area (Å²) in [4.78, 5) is 23.3. The zero-order chi connectivity index (χ0) is 19.2. The highest BCUT2D eigenvalue weighted by atomic mass is 35.5. The molecule has 0 spiro atoms. The summed E-state index contributed by atoms with van der Waals surface area (Å²) in [7, 11) is -3.83. The molecule has 0 unspecified atom stereocenters. The molecule has 0 aliphatic carbocycles. The number of sulfonamides is 1. The zero-order valence-corrected chi connectivity index (χ0v) is 16.2. The lowest BCUT2D eigenvalue weighted by Gasteiger charge is -2.19. The van der Waals surface area contributed by atoms with Gasteiger partial charge in [0.1, 0.15) is 4.90 Å². The first kappa shape index (κ1) is 21.4. The van der Waals surface area contributed by atoms with Crippen LogP contribution >= 0.6 is 11.6 Å². The Hall–Kier alpha value is -1.64. The van der Waals surface area contributed by atoms with Gasteiger partial charge in [-0.2, -0.15) is 4.31 Å². The van der Waals surface area contributed by atoms with Crippen molar-refractivity contribution in [3.63, 3.8) is 0 Å². The third kappa shape index (κ3) is 5.69. The molecule has 0 amide bonds. The molecule has 0 bridgehead atoms. The van der Waals surface area contributed by atoms with Crippen LogP contribution in [0.4, 0.5) is 0 Å². The van der Waals surface area contributed by atoms with Gasteiger partial charge >= 0.3 is 11.9 Å². The Bertz CT molecular complexity index is 728. The molecule has 140 valence electrons. The number of halogens is 1. The number of carbonyl (C=O) groups is 2. The molecule has 0 heterocycles. The van der Waals surface area contributed by atoms with E-state index in [1.807, 2.05) is 0 Å². The first-order valence-electron chi connectivity index (χ1n) is 7.79. The number of nitrogens with zero attached hydrogens (tertiary/aromatic N) is 1. The van der Waals surface area contributed by atoms with E-state index in [0.29, 0.717) is 0 Å². The molecule has 9 heteroatoms. The van der Waals surface area contributed by atoms with Gasteiger partial charge in [0.05, 0.1) is 16.7 Å². The van der Waals surface area contributed by atoms with Crippen molar-refractivity contribution in [2.75, 3.05) is 19.7 Å². The third-order valence-corrected chi connectivity index (χ3v) is 5.71. The van der Waals surface area contributed by atoms with Crippen LogP contribution in [0.25, 0.3) is 0 Å². The third-order valence-electron chi connectivity index (χ3n) is 3.18. The lowest BCUT2D eigenvalue weighted by molar-refractivity contribution is -0.150. The van der Waals surface area contributed by atoms with Gasteiger partial charge in [-0.05, 0) is 32.0 Å². The predicted octanol–water partition coefficient (Wildman–Crippen LogP) is 2.48. The van der Waals surface area contributed by atoms with Gasteiger partial charge in [-0.15, -0.1) is 0 Å². The average Bonchev–Trinajstić information content (AvgIpc) is 2.53. The largest absolute Gasteiger partial charge is 0.460 e. The first-order chi connectivity index (χ1) is 11.6. The van der Waals surface area contributed by atoms with Gasteiger partial charge in [-0.1, -0.05) is 25.4 Å². The standard InChI is InChI=1S/C16H22ClNO6S/c1-5-18(6-2)25(21,22)14-9-12(7-8-13(14)17)16(20)23-10-15(19)24-11(3)4/h7-9,11H,5-6,10H2,1-4H3. The van der Waals surface area contributed by atoms with Crippen LogP contribution in [0.3, 0.4) is 0 Å². The normalized spacial score (nSPS) is 11.6. The van der Waals surface area contributed by atoms with E-state index in [9.17, 15) is 18.0 Å². The minimum atomic E-state index is -3.83. The molecule has 0 radical (unpaired) electrons. The van der Waals surface area contributed by atoms with Crippen molar-refractivity contribution in [2.24, 2.45) is 0 Å². The lowest BCUT2D eigenvalue weighted by Crippen LogP contribution is -2.31. The second-order valence-electron chi connectivity index (χ2n) is 5.35. The topological polar surface area (TPSA) is 90.0 Å². The van der Waals surface area contributed by atoms with E-state index in [4.69, 9.17) is 21.1 Å². The van der Waals surface area contributed by atoms with Gasteiger partial charge in [-0.3, -0.25) is 0 Å². The number of hydrogen-bond acceptors (Lipinski definition) is 6. The highest BCUT2D eigenvalue weighted by molar-refractivity contribution is 7.89. The highest BCUT2D eigenvalue weighted by Crippen LogP contribution is 2.26. The lowest BCUT2D eigenvalue weighted by atomic mass is 10.2. The van der Waals surface area contributed by atoms with Crippen LogP contribution in [0.2, 0.25) is 5.02 Å². The molecule has 0 saturated heterocycles. The summed E-state index contributed by atoms with van der Waals surface area (Å²) in [6, 6.07) is 3.78. The van der Waals surface area contributed by atoms with Crippen LogP contribution in [0, 0.1) is 0 Å². The number of carbonyl (C=O) groups excluding carboxylic acids is 2. The van der Waals surface area contributed by atoms with Gasteiger partial charge in [0.25, 0.3) is 0 Å². The van der Waals surface area contributed by atoms with E-state index in [1.54, 1.807) is 27.7 Å². The molecule has 0 atom stereocenters. The fourth-order valence-corrected chi connectivity index (χ4v) is 3.99. The summed E-state index contributed by atoms with van der Waals surface area (Å²) >= 11 is 6.00. The molecule has 0 aliphatic rings. The Morgan fingerprint density at radius 3 is 2.32 bits per heavy atom. The summed E-state index contributed by atoms with van der Waals surface area (Å²) in [5.41, 5.74) is -0.0209. The van der Waals surface area contributed by atoms with E-state index in [1.165, 1.54) is 16.4 Å². The molecule has 0 aromatic heterocycles. The Morgan fingerprint density at radius 2 is 1.80 bits per heavy atom. The van der Waals surface area contributed by atoms with Crippen molar-refractivity contribution < 1.29 is 27.5 Å². The summed E-state index contributed by atoms with van der Waals surface area (Å²) < 4.78 is 36.1. The summed E-state index contributed by atoms with van der Waals surface area (Å²) in [5.74, 6) is -1.53. The van der Waals surface area contributed by atoms with Crippen molar-refractivity contribution in [2.45, 2.75) is 38.7 Å². The Balaban J connectivity index is 3.01. The van der Waals surface area contributed by atoms with Crippen LogP contribution in [0.1, 0.15) is 38.1 Å². The molecule has 7 nitrogen and oxygen atoms in total. The van der Waals surface area contributed by atoms with Crippen molar-refractivity contribution in [1.29, 1.82) is 0 Å². The maximum Gasteiger partial charge on any atom is 0.344 e. The second-order valence-corrected chi connectivity index (χ2v) is 7.66. The summed E-state index contributed by atoms with van der Waals surface area (Å²) in [6.07, 6.45) is -0.326. The molecule has 25 heavy (non-hydrogen) atoms.